The second kappa shape index (κ2) is 15.7. The van der Waals surface area contributed by atoms with Crippen molar-refractivity contribution in [3.8, 4) is 11.5 Å². The van der Waals surface area contributed by atoms with Crippen molar-refractivity contribution in [2.75, 3.05) is 0 Å². The van der Waals surface area contributed by atoms with Crippen LogP contribution in [0.4, 0.5) is 0 Å². The van der Waals surface area contributed by atoms with Crippen LogP contribution in [0.2, 0.25) is 0 Å². The average molecular weight is 542 g/mol. The van der Waals surface area contributed by atoms with E-state index in [4.69, 9.17) is 25.4 Å². The van der Waals surface area contributed by atoms with Crippen LogP contribution in [-0.2, 0) is 35.6 Å². The molecule has 4 rings (SSSR count). The Balaban J connectivity index is 0.000000220. The second-order valence-electron chi connectivity index (χ2n) is 9.43. The fraction of sp³-hybridized carbons (Fsp3) is 0.212. The molecular formula is C33H35NO6. The Hall–Kier alpha value is -4.62. The lowest BCUT2D eigenvalue weighted by molar-refractivity contribution is -0.141. The molecule has 0 bridgehead atoms. The highest BCUT2D eigenvalue weighted by atomic mass is 16.5. The summed E-state index contributed by atoms with van der Waals surface area (Å²) in [6.07, 6.45) is 0.850. The second-order valence-corrected chi connectivity index (χ2v) is 9.43. The molecule has 0 saturated heterocycles. The summed E-state index contributed by atoms with van der Waals surface area (Å²) >= 11 is 0. The Bertz CT molecular complexity index is 1200. The van der Waals surface area contributed by atoms with Crippen LogP contribution in [0.3, 0.4) is 0 Å². The van der Waals surface area contributed by atoms with E-state index in [1.165, 1.54) is 0 Å². The smallest absolute Gasteiger partial charge is 0.320 e. The fourth-order valence-corrected chi connectivity index (χ4v) is 3.71. The van der Waals surface area contributed by atoms with E-state index < -0.39 is 18.0 Å². The first-order valence-electron chi connectivity index (χ1n) is 13.0. The monoisotopic (exact) mass is 541 g/mol. The lowest BCUT2D eigenvalue weighted by atomic mass is 10.0. The van der Waals surface area contributed by atoms with Gasteiger partial charge in [-0.05, 0) is 59.4 Å². The van der Waals surface area contributed by atoms with Crippen molar-refractivity contribution in [2.24, 2.45) is 11.7 Å². The highest BCUT2D eigenvalue weighted by Gasteiger charge is 2.12. The Labute approximate surface area is 234 Å². The van der Waals surface area contributed by atoms with Gasteiger partial charge in [0.2, 0.25) is 0 Å². The van der Waals surface area contributed by atoms with Crippen LogP contribution in [0.5, 0.6) is 11.5 Å². The lowest BCUT2D eigenvalue weighted by Gasteiger charge is -2.09. The van der Waals surface area contributed by atoms with Gasteiger partial charge in [0.05, 0.1) is 5.92 Å². The molecule has 0 fully saturated rings. The van der Waals surface area contributed by atoms with E-state index in [1.807, 2.05) is 109 Å². The molecule has 0 amide bonds. The van der Waals surface area contributed by atoms with Gasteiger partial charge in [-0.15, -0.1) is 0 Å². The van der Waals surface area contributed by atoms with Crippen LogP contribution in [-0.4, -0.2) is 28.2 Å². The summed E-state index contributed by atoms with van der Waals surface area (Å²) in [5.74, 6) is -0.586. The number of aliphatic carboxylic acids is 2. The van der Waals surface area contributed by atoms with Gasteiger partial charge in [-0.25, -0.2) is 0 Å². The fourth-order valence-electron chi connectivity index (χ4n) is 3.71. The number of rotatable bonds is 12. The molecule has 0 aliphatic carbocycles. The Kier molecular flexibility index (Phi) is 11.8. The molecule has 0 heterocycles. The molecule has 0 aliphatic heterocycles. The maximum absolute atomic E-state index is 10.8. The standard InChI is InChI=1S/C17H18O3.C16H17NO3/c1-13(17(18)19)11-14-7-9-16(10-8-14)20-12-15-5-3-2-4-6-15;17-15(16(18)19)10-12-6-8-14(9-7-12)20-11-13-4-2-1-3-5-13/h2-10,13H,11-12H2,1H3,(H,18,19);1-9,15H,10-11,17H2,(H,18,19)/t13-;15-/m00/s1. The Morgan fingerprint density at radius 1 is 0.600 bits per heavy atom. The predicted molar refractivity (Wildman–Crippen MR) is 154 cm³/mol. The summed E-state index contributed by atoms with van der Waals surface area (Å²) < 4.78 is 11.3. The molecule has 7 nitrogen and oxygen atoms in total. The number of carbonyl (C=O) groups is 2. The molecule has 208 valence electrons. The van der Waals surface area contributed by atoms with E-state index in [0.29, 0.717) is 26.1 Å². The zero-order chi connectivity index (χ0) is 28.7. The third-order valence-electron chi connectivity index (χ3n) is 6.08. The summed E-state index contributed by atoms with van der Waals surface area (Å²) in [7, 11) is 0. The third kappa shape index (κ3) is 10.6. The van der Waals surface area contributed by atoms with Gasteiger partial charge in [-0.3, -0.25) is 9.59 Å². The molecule has 40 heavy (non-hydrogen) atoms. The topological polar surface area (TPSA) is 119 Å². The molecule has 4 aromatic rings. The molecular weight excluding hydrogens is 506 g/mol. The maximum atomic E-state index is 10.8. The van der Waals surface area contributed by atoms with Gasteiger partial charge < -0.3 is 25.4 Å². The van der Waals surface area contributed by atoms with Crippen molar-refractivity contribution in [2.45, 2.75) is 39.0 Å². The van der Waals surface area contributed by atoms with E-state index in [9.17, 15) is 9.59 Å². The molecule has 4 N–H and O–H groups in total. The zero-order valence-corrected chi connectivity index (χ0v) is 22.5. The minimum absolute atomic E-state index is 0.314. The van der Waals surface area contributed by atoms with Crippen LogP contribution in [0, 0.1) is 5.92 Å². The summed E-state index contributed by atoms with van der Waals surface area (Å²) in [5.41, 5.74) is 9.60. The van der Waals surface area contributed by atoms with E-state index in [-0.39, 0.29) is 5.92 Å². The van der Waals surface area contributed by atoms with Crippen LogP contribution < -0.4 is 15.2 Å². The summed E-state index contributed by atoms with van der Waals surface area (Å²) in [5, 5.41) is 17.6. The maximum Gasteiger partial charge on any atom is 0.320 e. The number of carboxylic acids is 2. The van der Waals surface area contributed by atoms with Crippen molar-refractivity contribution in [1.82, 2.24) is 0 Å². The van der Waals surface area contributed by atoms with Gasteiger partial charge >= 0.3 is 11.9 Å². The van der Waals surface area contributed by atoms with E-state index in [1.54, 1.807) is 6.92 Å². The summed E-state index contributed by atoms with van der Waals surface area (Å²) in [6, 6.07) is 33.9. The largest absolute Gasteiger partial charge is 0.489 e. The Morgan fingerprint density at radius 2 is 1.00 bits per heavy atom. The first-order valence-corrected chi connectivity index (χ1v) is 13.0. The number of nitrogens with two attached hydrogens (primary N) is 1. The highest BCUT2D eigenvalue weighted by Crippen LogP contribution is 2.17. The quantitative estimate of drug-likeness (QED) is 0.209. The van der Waals surface area contributed by atoms with E-state index in [0.717, 1.165) is 33.8 Å². The van der Waals surface area contributed by atoms with Crippen LogP contribution in [0.15, 0.2) is 109 Å². The molecule has 7 heteroatoms. The first-order chi connectivity index (χ1) is 19.3. The average Bonchev–Trinajstić information content (AvgIpc) is 2.98. The minimum atomic E-state index is -0.991. The van der Waals surface area contributed by atoms with E-state index in [2.05, 4.69) is 0 Å². The van der Waals surface area contributed by atoms with Crippen molar-refractivity contribution >= 4 is 11.9 Å². The van der Waals surface area contributed by atoms with Gasteiger partial charge in [0.1, 0.15) is 30.8 Å². The molecule has 0 saturated carbocycles. The third-order valence-corrected chi connectivity index (χ3v) is 6.08. The number of carboxylic acid groups (broad SMARTS) is 2. The van der Waals surface area contributed by atoms with Gasteiger partial charge in [0, 0.05) is 0 Å². The number of hydrogen-bond acceptors (Lipinski definition) is 5. The molecule has 0 spiro atoms. The van der Waals surface area contributed by atoms with E-state index >= 15 is 0 Å². The molecule has 0 aliphatic rings. The normalized spacial score (nSPS) is 11.8. The van der Waals surface area contributed by atoms with Crippen LogP contribution >= 0.6 is 0 Å². The first kappa shape index (κ1) is 29.9. The van der Waals surface area contributed by atoms with Gasteiger partial charge in [0.15, 0.2) is 0 Å². The number of benzene rings is 4. The van der Waals surface area contributed by atoms with Crippen LogP contribution in [0.1, 0.15) is 29.2 Å². The minimum Gasteiger partial charge on any atom is -0.489 e. The summed E-state index contributed by atoms with van der Waals surface area (Å²) in [6.45, 7) is 2.75. The van der Waals surface area contributed by atoms with Crippen LogP contribution in [0.25, 0.3) is 0 Å². The molecule has 2 atom stereocenters. The van der Waals surface area contributed by atoms with Crippen molar-refractivity contribution < 1.29 is 29.3 Å². The molecule has 4 aromatic carbocycles. The molecule has 0 unspecified atom stereocenters. The van der Waals surface area contributed by atoms with Gasteiger partial charge in [0.25, 0.3) is 0 Å². The van der Waals surface area contributed by atoms with Gasteiger partial charge in [-0.1, -0.05) is 91.9 Å². The zero-order valence-electron chi connectivity index (χ0n) is 22.5. The number of hydrogen-bond donors (Lipinski definition) is 3. The number of ether oxygens (including phenoxy) is 2. The SMILES string of the molecule is C[C@@H](Cc1ccc(OCc2ccccc2)cc1)C(=O)O.N[C@@H](Cc1ccc(OCc2ccccc2)cc1)C(=O)O. The lowest BCUT2D eigenvalue weighted by Crippen LogP contribution is -2.32. The highest BCUT2D eigenvalue weighted by molar-refractivity contribution is 5.73. The Morgan fingerprint density at radius 3 is 1.38 bits per heavy atom. The van der Waals surface area contributed by atoms with Crippen molar-refractivity contribution in [1.29, 1.82) is 0 Å². The molecule has 0 aromatic heterocycles. The summed E-state index contributed by atoms with van der Waals surface area (Å²) in [4.78, 5) is 21.5. The predicted octanol–water partition coefficient (Wildman–Crippen LogP) is 5.75. The van der Waals surface area contributed by atoms with Crippen molar-refractivity contribution in [3.63, 3.8) is 0 Å². The van der Waals surface area contributed by atoms with Crippen molar-refractivity contribution in [3.05, 3.63) is 131 Å². The van der Waals surface area contributed by atoms with Gasteiger partial charge in [-0.2, -0.15) is 0 Å². The molecule has 0 radical (unpaired) electrons.